The Morgan fingerprint density at radius 3 is 2.45 bits per heavy atom. The van der Waals surface area contributed by atoms with Crippen LogP contribution >= 0.6 is 11.6 Å². The van der Waals surface area contributed by atoms with Crippen LogP contribution in [0.25, 0.3) is 6.08 Å². The Morgan fingerprint density at radius 1 is 1.03 bits per heavy atom. The van der Waals surface area contributed by atoms with E-state index in [0.717, 1.165) is 11.1 Å². The summed E-state index contributed by atoms with van der Waals surface area (Å²) in [7, 11) is 4.65. The molecule has 0 saturated carbocycles. The summed E-state index contributed by atoms with van der Waals surface area (Å²) < 4.78 is 27.0. The minimum Gasteiger partial charge on any atom is -0.496 e. The van der Waals surface area contributed by atoms with Gasteiger partial charge in [0.05, 0.1) is 26.4 Å². The Labute approximate surface area is 174 Å². The maximum Gasteiger partial charge on any atom is 0.244 e. The van der Waals surface area contributed by atoms with Gasteiger partial charge >= 0.3 is 0 Å². The van der Waals surface area contributed by atoms with Crippen LogP contribution in [0.1, 0.15) is 11.1 Å². The number of methoxy groups -OCH3 is 3. The van der Waals surface area contributed by atoms with Crippen LogP contribution < -0.4 is 29.0 Å². The van der Waals surface area contributed by atoms with Crippen LogP contribution in [0.4, 0.5) is 0 Å². The van der Waals surface area contributed by atoms with E-state index in [1.54, 1.807) is 51.7 Å². The van der Waals surface area contributed by atoms with Crippen molar-refractivity contribution in [2.75, 3.05) is 34.5 Å². The van der Waals surface area contributed by atoms with Crippen LogP contribution in [-0.2, 0) is 11.3 Å². The summed E-state index contributed by atoms with van der Waals surface area (Å²) in [4.78, 5) is 12.3. The number of carbonyl (C=O) groups is 1. The first kappa shape index (κ1) is 20.7. The highest BCUT2D eigenvalue weighted by atomic mass is 35.5. The second kappa shape index (κ2) is 9.43. The first-order chi connectivity index (χ1) is 14.0. The molecule has 0 saturated heterocycles. The third-order valence-electron chi connectivity index (χ3n) is 4.29. The molecule has 1 aliphatic rings. The number of halogens is 1. The lowest BCUT2D eigenvalue weighted by atomic mass is 10.1. The van der Waals surface area contributed by atoms with Crippen molar-refractivity contribution < 1.29 is 28.5 Å². The number of ether oxygens (including phenoxy) is 5. The highest BCUT2D eigenvalue weighted by Crippen LogP contribution is 2.38. The van der Waals surface area contributed by atoms with E-state index in [2.05, 4.69) is 5.32 Å². The van der Waals surface area contributed by atoms with Crippen molar-refractivity contribution in [1.29, 1.82) is 0 Å². The van der Waals surface area contributed by atoms with Gasteiger partial charge in [0, 0.05) is 24.3 Å². The summed E-state index contributed by atoms with van der Waals surface area (Å²) in [5.41, 5.74) is 1.49. The predicted molar refractivity (Wildman–Crippen MR) is 109 cm³/mol. The van der Waals surface area contributed by atoms with Crippen molar-refractivity contribution in [2.45, 2.75) is 6.54 Å². The van der Waals surface area contributed by atoms with Crippen molar-refractivity contribution >= 4 is 23.6 Å². The Morgan fingerprint density at radius 2 is 1.72 bits per heavy atom. The lowest BCUT2D eigenvalue weighted by molar-refractivity contribution is -0.116. The number of benzene rings is 2. The van der Waals surface area contributed by atoms with Crippen molar-refractivity contribution in [3.63, 3.8) is 0 Å². The largest absolute Gasteiger partial charge is 0.496 e. The zero-order valence-electron chi connectivity index (χ0n) is 16.4. The summed E-state index contributed by atoms with van der Waals surface area (Å²) >= 11 is 6.22. The van der Waals surface area contributed by atoms with Gasteiger partial charge in [-0.3, -0.25) is 4.79 Å². The molecule has 1 amide bonds. The highest BCUT2D eigenvalue weighted by Gasteiger charge is 2.16. The van der Waals surface area contributed by atoms with Crippen LogP contribution in [0.15, 0.2) is 30.3 Å². The van der Waals surface area contributed by atoms with Crippen molar-refractivity contribution in [3.05, 3.63) is 46.5 Å². The molecule has 0 unspecified atom stereocenters. The normalized spacial score (nSPS) is 12.6. The maximum absolute atomic E-state index is 12.3. The molecular formula is C21H22ClNO6. The van der Waals surface area contributed by atoms with E-state index in [1.165, 1.54) is 6.08 Å². The Bertz CT molecular complexity index is 928. The van der Waals surface area contributed by atoms with Crippen molar-refractivity contribution in [3.8, 4) is 28.7 Å². The molecule has 0 fully saturated rings. The SMILES string of the molecule is COc1cc(OC)c(OC)cc1CNC(=O)/C=C/c1cc(Cl)c2c(c1)OCCO2. The van der Waals surface area contributed by atoms with Gasteiger partial charge in [0.1, 0.15) is 19.0 Å². The molecule has 0 bridgehead atoms. The third kappa shape index (κ3) is 4.86. The number of carbonyl (C=O) groups excluding carboxylic acids is 1. The summed E-state index contributed by atoms with van der Waals surface area (Å²) in [6, 6.07) is 6.98. The van der Waals surface area contributed by atoms with Gasteiger partial charge in [0.25, 0.3) is 0 Å². The van der Waals surface area contributed by atoms with Gasteiger partial charge in [-0.15, -0.1) is 0 Å². The van der Waals surface area contributed by atoms with E-state index in [-0.39, 0.29) is 12.5 Å². The molecular weight excluding hydrogens is 398 g/mol. The summed E-state index contributed by atoms with van der Waals surface area (Å²) in [6.07, 6.45) is 3.08. The topological polar surface area (TPSA) is 75.2 Å². The van der Waals surface area contributed by atoms with Gasteiger partial charge in [-0.05, 0) is 29.8 Å². The molecule has 0 radical (unpaired) electrons. The van der Waals surface area contributed by atoms with E-state index in [9.17, 15) is 4.79 Å². The van der Waals surface area contributed by atoms with Gasteiger partial charge in [-0.25, -0.2) is 0 Å². The van der Waals surface area contributed by atoms with Gasteiger partial charge < -0.3 is 29.0 Å². The number of amides is 1. The van der Waals surface area contributed by atoms with Crippen LogP contribution in [0.2, 0.25) is 5.02 Å². The zero-order chi connectivity index (χ0) is 20.8. The second-order valence-corrected chi connectivity index (χ2v) is 6.50. The van der Waals surface area contributed by atoms with Crippen molar-refractivity contribution in [1.82, 2.24) is 5.32 Å². The molecule has 2 aromatic carbocycles. The summed E-state index contributed by atoms with van der Waals surface area (Å²) in [5, 5.41) is 3.26. The van der Waals surface area contributed by atoms with Crippen LogP contribution in [0.5, 0.6) is 28.7 Å². The predicted octanol–water partition coefficient (Wildman–Crippen LogP) is 3.47. The third-order valence-corrected chi connectivity index (χ3v) is 4.57. The van der Waals surface area contributed by atoms with E-state index in [0.29, 0.717) is 47.0 Å². The molecule has 1 heterocycles. The van der Waals surface area contributed by atoms with Crippen molar-refractivity contribution in [2.24, 2.45) is 0 Å². The molecule has 0 aromatic heterocycles. The van der Waals surface area contributed by atoms with Gasteiger partial charge in [-0.2, -0.15) is 0 Å². The van der Waals surface area contributed by atoms with Gasteiger partial charge in [0.15, 0.2) is 23.0 Å². The maximum atomic E-state index is 12.3. The van der Waals surface area contributed by atoms with Crippen LogP contribution in [0, 0.1) is 0 Å². The molecule has 154 valence electrons. The fraction of sp³-hybridized carbons (Fsp3) is 0.286. The quantitative estimate of drug-likeness (QED) is 0.693. The fourth-order valence-electron chi connectivity index (χ4n) is 2.87. The van der Waals surface area contributed by atoms with E-state index in [1.807, 2.05) is 0 Å². The summed E-state index contributed by atoms with van der Waals surface area (Å²) in [6.45, 7) is 1.18. The van der Waals surface area contributed by atoms with Crippen LogP contribution in [0.3, 0.4) is 0 Å². The lowest BCUT2D eigenvalue weighted by Gasteiger charge is -2.19. The number of rotatable bonds is 7. The molecule has 2 aromatic rings. The standard InChI is InChI=1S/C21H22ClNO6/c1-25-16-11-18(27-3)17(26-2)10-14(16)12-23-20(24)5-4-13-8-15(22)21-19(9-13)28-6-7-29-21/h4-5,8-11H,6-7,12H2,1-3H3,(H,23,24)/b5-4+. The molecule has 1 aliphatic heterocycles. The molecule has 7 nitrogen and oxygen atoms in total. The Hall–Kier alpha value is -3.06. The number of hydrogen-bond acceptors (Lipinski definition) is 6. The molecule has 0 aliphatic carbocycles. The number of fused-ring (bicyclic) bond motifs is 1. The van der Waals surface area contributed by atoms with E-state index in [4.69, 9.17) is 35.3 Å². The number of nitrogens with one attached hydrogen (secondary N) is 1. The van der Waals surface area contributed by atoms with E-state index < -0.39 is 0 Å². The van der Waals surface area contributed by atoms with Gasteiger partial charge in [-0.1, -0.05) is 11.6 Å². The minimum atomic E-state index is -0.271. The monoisotopic (exact) mass is 419 g/mol. The molecule has 0 atom stereocenters. The highest BCUT2D eigenvalue weighted by molar-refractivity contribution is 6.32. The Balaban J connectivity index is 1.68. The molecule has 3 rings (SSSR count). The van der Waals surface area contributed by atoms with E-state index >= 15 is 0 Å². The number of hydrogen-bond donors (Lipinski definition) is 1. The molecule has 8 heteroatoms. The Kier molecular flexibility index (Phi) is 6.72. The lowest BCUT2D eigenvalue weighted by Crippen LogP contribution is -2.20. The fourth-order valence-corrected chi connectivity index (χ4v) is 3.14. The zero-order valence-corrected chi connectivity index (χ0v) is 17.2. The summed E-state index contributed by atoms with van der Waals surface area (Å²) in [5.74, 6) is 2.52. The molecule has 29 heavy (non-hydrogen) atoms. The van der Waals surface area contributed by atoms with Crippen LogP contribution in [-0.4, -0.2) is 40.5 Å². The smallest absolute Gasteiger partial charge is 0.244 e. The first-order valence-corrected chi connectivity index (χ1v) is 9.27. The average molecular weight is 420 g/mol. The molecule has 0 spiro atoms. The first-order valence-electron chi connectivity index (χ1n) is 8.89. The molecule has 1 N–H and O–H groups in total. The minimum absolute atomic E-state index is 0.259. The van der Waals surface area contributed by atoms with Gasteiger partial charge in [0.2, 0.25) is 5.91 Å². The second-order valence-electron chi connectivity index (χ2n) is 6.10. The average Bonchev–Trinajstić information content (AvgIpc) is 2.75.